The van der Waals surface area contributed by atoms with E-state index in [-0.39, 0.29) is 24.0 Å². The minimum Gasteiger partial charge on any atom is -0.492 e. The molecule has 1 N–H and O–H groups in total. The normalized spacial score (nSPS) is 16.6. The molecule has 3 aromatic rings. The third-order valence-corrected chi connectivity index (χ3v) is 8.21. The number of ether oxygens (including phenoxy) is 1. The molecule has 9 nitrogen and oxygen atoms in total. The van der Waals surface area contributed by atoms with E-state index < -0.39 is 16.1 Å². The van der Waals surface area contributed by atoms with Crippen LogP contribution in [0, 0.1) is 0 Å². The zero-order valence-corrected chi connectivity index (χ0v) is 21.7. The van der Waals surface area contributed by atoms with Crippen molar-refractivity contribution in [3.8, 4) is 22.7 Å². The molecule has 2 heterocycles. The highest BCUT2D eigenvalue weighted by atomic mass is 35.5. The molecule has 1 saturated heterocycles. The van der Waals surface area contributed by atoms with Crippen LogP contribution in [0.15, 0.2) is 48.5 Å². The Bertz CT molecular complexity index is 1340. The molecule has 0 spiro atoms. The van der Waals surface area contributed by atoms with Crippen LogP contribution >= 0.6 is 23.2 Å². The highest BCUT2D eigenvalue weighted by molar-refractivity contribution is 7.86. The van der Waals surface area contributed by atoms with Crippen molar-refractivity contribution < 1.29 is 17.9 Å². The van der Waals surface area contributed by atoms with Crippen LogP contribution in [0.1, 0.15) is 16.9 Å². The molecule has 0 radical (unpaired) electrons. The molecule has 12 heteroatoms. The quantitative estimate of drug-likeness (QED) is 0.497. The molecule has 35 heavy (non-hydrogen) atoms. The Labute approximate surface area is 214 Å². The molecule has 1 amide bonds. The number of carbonyl (C=O) groups excluding carboxylic acids is 1. The van der Waals surface area contributed by atoms with E-state index in [2.05, 4.69) is 10.4 Å². The van der Waals surface area contributed by atoms with Crippen molar-refractivity contribution in [2.45, 2.75) is 12.5 Å². The van der Waals surface area contributed by atoms with Crippen LogP contribution in [0.4, 0.5) is 0 Å². The summed E-state index contributed by atoms with van der Waals surface area (Å²) in [7, 11) is 0.859. The first kappa shape index (κ1) is 25.5. The van der Waals surface area contributed by atoms with Gasteiger partial charge in [0.2, 0.25) is 0 Å². The summed E-state index contributed by atoms with van der Waals surface area (Å²) in [6.45, 7) is 0.483. The lowest BCUT2D eigenvalue weighted by atomic mass is 10.1. The Morgan fingerprint density at radius 1 is 1.14 bits per heavy atom. The van der Waals surface area contributed by atoms with Gasteiger partial charge in [-0.05, 0) is 30.7 Å². The number of hydrogen-bond donors (Lipinski definition) is 1. The van der Waals surface area contributed by atoms with Gasteiger partial charge >= 0.3 is 0 Å². The number of nitrogens with one attached hydrogen (secondary N) is 1. The zero-order chi connectivity index (χ0) is 25.3. The van der Waals surface area contributed by atoms with Crippen LogP contribution < -0.4 is 10.1 Å². The second-order valence-corrected chi connectivity index (χ2v) is 11.2. The average Bonchev–Trinajstić information content (AvgIpc) is 3.45. The van der Waals surface area contributed by atoms with Gasteiger partial charge in [0.05, 0.1) is 17.8 Å². The predicted molar refractivity (Wildman–Crippen MR) is 136 cm³/mol. The lowest BCUT2D eigenvalue weighted by Crippen LogP contribution is -2.42. The van der Waals surface area contributed by atoms with E-state index in [0.29, 0.717) is 34.4 Å². The van der Waals surface area contributed by atoms with E-state index >= 15 is 0 Å². The fourth-order valence-electron chi connectivity index (χ4n) is 3.94. The first-order valence-corrected chi connectivity index (χ1v) is 12.9. The molecule has 1 atom stereocenters. The molecule has 1 fully saturated rings. The molecule has 0 aliphatic carbocycles. The number of para-hydroxylation sites is 1. The van der Waals surface area contributed by atoms with E-state index in [0.717, 1.165) is 9.87 Å². The summed E-state index contributed by atoms with van der Waals surface area (Å²) in [6, 6.07) is 13.8. The maximum atomic E-state index is 13.3. The standard InChI is InChI=1S/C23H25Cl2N5O4S/c1-28(2)35(32,33)29-13-12-17(14-29)26-23(31)20-22(34-3)21(15-8-10-16(24)11-9-15)30(27-20)19-7-5-4-6-18(19)25/h4-11,17H,12-14H2,1-3H3,(H,26,31). The minimum absolute atomic E-state index is 0.0614. The summed E-state index contributed by atoms with van der Waals surface area (Å²) >= 11 is 12.5. The summed E-state index contributed by atoms with van der Waals surface area (Å²) in [5, 5.41) is 8.48. The number of carbonyl (C=O) groups is 1. The van der Waals surface area contributed by atoms with Crippen molar-refractivity contribution in [2.24, 2.45) is 0 Å². The van der Waals surface area contributed by atoms with Gasteiger partial charge in [-0.3, -0.25) is 4.79 Å². The smallest absolute Gasteiger partial charge is 0.281 e. The van der Waals surface area contributed by atoms with Crippen LogP contribution in [-0.2, 0) is 10.2 Å². The van der Waals surface area contributed by atoms with Crippen LogP contribution in [-0.4, -0.2) is 73.1 Å². The molecule has 0 saturated carbocycles. The molecule has 186 valence electrons. The van der Waals surface area contributed by atoms with Gasteiger partial charge in [-0.1, -0.05) is 47.5 Å². The fourth-order valence-corrected chi connectivity index (χ4v) is 5.45. The number of nitrogens with zero attached hydrogens (tertiary/aromatic N) is 4. The molecule has 2 aromatic carbocycles. The highest BCUT2D eigenvalue weighted by Crippen LogP contribution is 2.37. The third-order valence-electron chi connectivity index (χ3n) is 5.73. The van der Waals surface area contributed by atoms with Crippen molar-refractivity contribution in [2.75, 3.05) is 34.3 Å². The predicted octanol–water partition coefficient (Wildman–Crippen LogP) is 3.47. The van der Waals surface area contributed by atoms with Gasteiger partial charge in [-0.15, -0.1) is 0 Å². The summed E-state index contributed by atoms with van der Waals surface area (Å²) < 4.78 is 34.6. The van der Waals surface area contributed by atoms with Crippen molar-refractivity contribution in [3.63, 3.8) is 0 Å². The lowest BCUT2D eigenvalue weighted by Gasteiger charge is -2.20. The Balaban J connectivity index is 1.72. The number of benzene rings is 2. The lowest BCUT2D eigenvalue weighted by molar-refractivity contribution is 0.0930. The van der Waals surface area contributed by atoms with Gasteiger partial charge in [0.1, 0.15) is 5.69 Å². The zero-order valence-electron chi connectivity index (χ0n) is 19.4. The monoisotopic (exact) mass is 537 g/mol. The largest absolute Gasteiger partial charge is 0.492 e. The van der Waals surface area contributed by atoms with Crippen LogP contribution in [0.25, 0.3) is 16.9 Å². The average molecular weight is 538 g/mol. The van der Waals surface area contributed by atoms with E-state index in [9.17, 15) is 13.2 Å². The van der Waals surface area contributed by atoms with E-state index in [4.69, 9.17) is 27.9 Å². The number of amides is 1. The van der Waals surface area contributed by atoms with E-state index in [1.54, 1.807) is 47.1 Å². The van der Waals surface area contributed by atoms with Gasteiger partial charge in [0.25, 0.3) is 16.1 Å². The SMILES string of the molecule is COc1c(C(=O)NC2CCN(S(=O)(=O)N(C)C)C2)nn(-c2ccccc2Cl)c1-c1ccc(Cl)cc1. The van der Waals surface area contributed by atoms with Crippen molar-refractivity contribution in [3.05, 3.63) is 64.3 Å². The molecule has 0 bridgehead atoms. The summed E-state index contributed by atoms with van der Waals surface area (Å²) in [4.78, 5) is 13.3. The first-order chi connectivity index (χ1) is 16.6. The molecule has 1 aromatic heterocycles. The van der Waals surface area contributed by atoms with Crippen LogP contribution in [0.2, 0.25) is 10.0 Å². The fraction of sp³-hybridized carbons (Fsp3) is 0.304. The van der Waals surface area contributed by atoms with Crippen LogP contribution in [0.3, 0.4) is 0 Å². The number of rotatable bonds is 7. The summed E-state index contributed by atoms with van der Waals surface area (Å²) in [5.74, 6) is -0.211. The van der Waals surface area contributed by atoms with E-state index in [1.165, 1.54) is 25.5 Å². The summed E-state index contributed by atoms with van der Waals surface area (Å²) in [6.07, 6.45) is 0.483. The minimum atomic E-state index is -3.56. The van der Waals surface area contributed by atoms with Crippen molar-refractivity contribution in [1.29, 1.82) is 0 Å². The first-order valence-electron chi connectivity index (χ1n) is 10.8. The van der Waals surface area contributed by atoms with Gasteiger partial charge in [0.15, 0.2) is 11.4 Å². The van der Waals surface area contributed by atoms with Gasteiger partial charge in [0, 0.05) is 43.8 Å². The van der Waals surface area contributed by atoms with E-state index in [1.807, 2.05) is 6.07 Å². The topological polar surface area (TPSA) is 96.8 Å². The van der Waals surface area contributed by atoms with Crippen molar-refractivity contribution in [1.82, 2.24) is 23.7 Å². The second kappa shape index (κ2) is 10.2. The molecule has 1 aliphatic rings. The van der Waals surface area contributed by atoms with Gasteiger partial charge in [-0.2, -0.15) is 22.1 Å². The number of hydrogen-bond acceptors (Lipinski definition) is 5. The van der Waals surface area contributed by atoms with Gasteiger partial charge in [-0.25, -0.2) is 4.68 Å². The second-order valence-electron chi connectivity index (χ2n) is 8.21. The molecule has 4 rings (SSSR count). The molecule has 1 unspecified atom stereocenters. The Hall–Kier alpha value is -2.63. The molecule has 1 aliphatic heterocycles. The highest BCUT2D eigenvalue weighted by Gasteiger charge is 2.35. The number of halogens is 2. The molecular formula is C23H25Cl2N5O4S. The Kier molecular flexibility index (Phi) is 7.39. The Morgan fingerprint density at radius 2 is 1.83 bits per heavy atom. The maximum absolute atomic E-state index is 13.3. The summed E-state index contributed by atoms with van der Waals surface area (Å²) in [5.41, 5.74) is 1.89. The third kappa shape index (κ3) is 5.03. The van der Waals surface area contributed by atoms with Crippen LogP contribution in [0.5, 0.6) is 5.75 Å². The maximum Gasteiger partial charge on any atom is 0.281 e. The number of methoxy groups -OCH3 is 1. The Morgan fingerprint density at radius 3 is 2.46 bits per heavy atom. The molecular weight excluding hydrogens is 513 g/mol. The number of aromatic nitrogens is 2. The van der Waals surface area contributed by atoms with Gasteiger partial charge < -0.3 is 10.1 Å². The van der Waals surface area contributed by atoms with Crippen molar-refractivity contribution >= 4 is 39.3 Å².